The molecule has 0 heterocycles. The van der Waals surface area contributed by atoms with E-state index >= 15 is 0 Å². The first kappa shape index (κ1) is 16.5. The van der Waals surface area contributed by atoms with Gasteiger partial charge in [-0.15, -0.1) is 0 Å². The standard InChI is InChI=1S/C20H30N2O/c1-13-7-9-15(10-8-13)14(2)22(3)20(23)18-11-16-5-4-6-17(12-18)19(16)21/h7-10,14,16-19H,4-6,11-12,21H2,1-3H3. The minimum absolute atomic E-state index is 0.124. The number of rotatable bonds is 3. The summed E-state index contributed by atoms with van der Waals surface area (Å²) in [4.78, 5) is 14.9. The van der Waals surface area contributed by atoms with Gasteiger partial charge < -0.3 is 10.6 Å². The van der Waals surface area contributed by atoms with Gasteiger partial charge in [-0.1, -0.05) is 36.2 Å². The lowest BCUT2D eigenvalue weighted by molar-refractivity contribution is -0.139. The summed E-state index contributed by atoms with van der Waals surface area (Å²) in [6.07, 6.45) is 5.68. The van der Waals surface area contributed by atoms with E-state index in [1.165, 1.54) is 30.4 Å². The van der Waals surface area contributed by atoms with Crippen LogP contribution in [0.1, 0.15) is 56.2 Å². The van der Waals surface area contributed by atoms with Gasteiger partial charge in [-0.2, -0.15) is 0 Å². The number of aryl methyl sites for hydroxylation is 1. The highest BCUT2D eigenvalue weighted by Gasteiger charge is 2.41. The second kappa shape index (κ2) is 6.64. The summed E-state index contributed by atoms with van der Waals surface area (Å²) in [5, 5.41) is 0. The highest BCUT2D eigenvalue weighted by molar-refractivity contribution is 5.79. The van der Waals surface area contributed by atoms with Crippen molar-refractivity contribution in [3.63, 3.8) is 0 Å². The first-order valence-electron chi connectivity index (χ1n) is 9.06. The van der Waals surface area contributed by atoms with Gasteiger partial charge in [0.15, 0.2) is 0 Å². The molecule has 0 aromatic heterocycles. The molecule has 0 saturated heterocycles. The van der Waals surface area contributed by atoms with Gasteiger partial charge in [0.25, 0.3) is 0 Å². The topological polar surface area (TPSA) is 46.3 Å². The van der Waals surface area contributed by atoms with E-state index in [1.54, 1.807) is 0 Å². The van der Waals surface area contributed by atoms with Gasteiger partial charge in [0.1, 0.15) is 0 Å². The van der Waals surface area contributed by atoms with Crippen molar-refractivity contribution in [2.24, 2.45) is 23.5 Å². The van der Waals surface area contributed by atoms with Gasteiger partial charge in [0.2, 0.25) is 5.91 Å². The first-order valence-corrected chi connectivity index (χ1v) is 9.06. The summed E-state index contributed by atoms with van der Waals surface area (Å²) >= 11 is 0. The number of amides is 1. The molecule has 3 unspecified atom stereocenters. The zero-order valence-corrected chi connectivity index (χ0v) is 14.7. The molecule has 0 aliphatic heterocycles. The Morgan fingerprint density at radius 3 is 2.30 bits per heavy atom. The number of nitrogens with zero attached hydrogens (tertiary/aromatic N) is 1. The Labute approximate surface area is 140 Å². The summed E-state index contributed by atoms with van der Waals surface area (Å²) in [7, 11) is 1.96. The fourth-order valence-electron chi connectivity index (χ4n) is 4.54. The minimum atomic E-state index is 0.124. The van der Waals surface area contributed by atoms with Crippen molar-refractivity contribution in [2.45, 2.75) is 58.0 Å². The summed E-state index contributed by atoms with van der Waals surface area (Å²) < 4.78 is 0. The van der Waals surface area contributed by atoms with E-state index in [9.17, 15) is 4.79 Å². The van der Waals surface area contributed by atoms with Crippen LogP contribution in [0.15, 0.2) is 24.3 Å². The van der Waals surface area contributed by atoms with Crippen molar-refractivity contribution >= 4 is 5.91 Å². The molecule has 23 heavy (non-hydrogen) atoms. The monoisotopic (exact) mass is 314 g/mol. The lowest BCUT2D eigenvalue weighted by Crippen LogP contribution is -2.49. The molecule has 2 N–H and O–H groups in total. The number of fused-ring (bicyclic) bond motifs is 2. The summed E-state index contributed by atoms with van der Waals surface area (Å²) in [5.74, 6) is 1.59. The predicted molar refractivity (Wildman–Crippen MR) is 93.9 cm³/mol. The lowest BCUT2D eigenvalue weighted by Gasteiger charge is -2.44. The number of hydrogen-bond donors (Lipinski definition) is 1. The van der Waals surface area contributed by atoms with Crippen LogP contribution in [-0.2, 0) is 4.79 Å². The maximum atomic E-state index is 13.0. The van der Waals surface area contributed by atoms with Crippen LogP contribution in [-0.4, -0.2) is 23.9 Å². The average Bonchev–Trinajstić information content (AvgIpc) is 2.53. The number of carbonyl (C=O) groups excluding carboxylic acids is 1. The maximum Gasteiger partial charge on any atom is 0.225 e. The molecule has 2 aliphatic rings. The van der Waals surface area contributed by atoms with E-state index in [0.717, 1.165) is 12.8 Å². The second-order valence-corrected chi connectivity index (χ2v) is 7.73. The third-order valence-corrected chi connectivity index (χ3v) is 6.25. The molecule has 0 radical (unpaired) electrons. The molecule has 2 saturated carbocycles. The lowest BCUT2D eigenvalue weighted by atomic mass is 9.65. The zero-order chi connectivity index (χ0) is 16.6. The molecule has 1 aromatic carbocycles. The summed E-state index contributed by atoms with van der Waals surface area (Å²) in [6.45, 7) is 4.21. The van der Waals surface area contributed by atoms with E-state index in [2.05, 4.69) is 38.1 Å². The Kier molecular flexibility index (Phi) is 4.77. The Balaban J connectivity index is 1.68. The molecule has 3 heteroatoms. The Bertz CT molecular complexity index is 539. The molecular formula is C20H30N2O. The van der Waals surface area contributed by atoms with E-state index in [4.69, 9.17) is 5.73 Å². The van der Waals surface area contributed by atoms with Gasteiger partial charge >= 0.3 is 0 Å². The molecule has 1 aromatic rings. The van der Waals surface area contributed by atoms with Crippen molar-refractivity contribution in [1.82, 2.24) is 4.90 Å². The van der Waals surface area contributed by atoms with Crippen molar-refractivity contribution in [1.29, 1.82) is 0 Å². The minimum Gasteiger partial charge on any atom is -0.339 e. The van der Waals surface area contributed by atoms with Gasteiger partial charge in [0.05, 0.1) is 6.04 Å². The Hall–Kier alpha value is -1.35. The van der Waals surface area contributed by atoms with E-state index < -0.39 is 0 Å². The highest BCUT2D eigenvalue weighted by atomic mass is 16.2. The first-order chi connectivity index (χ1) is 11.0. The van der Waals surface area contributed by atoms with Crippen LogP contribution in [0, 0.1) is 24.7 Å². The molecule has 3 atom stereocenters. The SMILES string of the molecule is Cc1ccc(C(C)N(C)C(=O)C2CC3CCCC(C2)C3N)cc1. The van der Waals surface area contributed by atoms with Crippen LogP contribution in [0.3, 0.4) is 0 Å². The molecule has 3 rings (SSSR count). The molecule has 0 spiro atoms. The number of carbonyl (C=O) groups is 1. The van der Waals surface area contributed by atoms with Crippen molar-refractivity contribution in [3.8, 4) is 0 Å². The van der Waals surface area contributed by atoms with E-state index in [1.807, 2.05) is 11.9 Å². The zero-order valence-electron chi connectivity index (χ0n) is 14.7. The maximum absolute atomic E-state index is 13.0. The van der Waals surface area contributed by atoms with Crippen LogP contribution in [0.5, 0.6) is 0 Å². The van der Waals surface area contributed by atoms with E-state index in [-0.39, 0.29) is 12.0 Å². The van der Waals surface area contributed by atoms with Crippen LogP contribution in [0.25, 0.3) is 0 Å². The van der Waals surface area contributed by atoms with Gasteiger partial charge in [-0.3, -0.25) is 4.79 Å². The molecule has 2 aliphatic carbocycles. The van der Waals surface area contributed by atoms with Crippen LogP contribution in [0.4, 0.5) is 0 Å². The van der Waals surface area contributed by atoms with Crippen molar-refractivity contribution < 1.29 is 4.79 Å². The van der Waals surface area contributed by atoms with Crippen LogP contribution in [0.2, 0.25) is 0 Å². The van der Waals surface area contributed by atoms with Gasteiger partial charge in [0, 0.05) is 19.0 Å². The van der Waals surface area contributed by atoms with E-state index in [0.29, 0.717) is 23.8 Å². The molecule has 3 nitrogen and oxygen atoms in total. The molecule has 126 valence electrons. The van der Waals surface area contributed by atoms with Gasteiger partial charge in [-0.25, -0.2) is 0 Å². The van der Waals surface area contributed by atoms with Crippen molar-refractivity contribution in [2.75, 3.05) is 7.05 Å². The second-order valence-electron chi connectivity index (χ2n) is 7.73. The van der Waals surface area contributed by atoms with Crippen molar-refractivity contribution in [3.05, 3.63) is 35.4 Å². The van der Waals surface area contributed by atoms with Crippen LogP contribution >= 0.6 is 0 Å². The van der Waals surface area contributed by atoms with Crippen LogP contribution < -0.4 is 5.73 Å². The summed E-state index contributed by atoms with van der Waals surface area (Å²) in [5.41, 5.74) is 8.82. The largest absolute Gasteiger partial charge is 0.339 e. The Morgan fingerprint density at radius 1 is 1.17 bits per heavy atom. The summed E-state index contributed by atoms with van der Waals surface area (Å²) in [6, 6.07) is 8.96. The molecular weight excluding hydrogens is 284 g/mol. The molecule has 2 fully saturated rings. The quantitative estimate of drug-likeness (QED) is 0.925. The fraction of sp³-hybridized carbons (Fsp3) is 0.650. The Morgan fingerprint density at radius 2 is 1.74 bits per heavy atom. The third-order valence-electron chi connectivity index (χ3n) is 6.25. The average molecular weight is 314 g/mol. The van der Waals surface area contributed by atoms with Gasteiger partial charge in [-0.05, 0) is 56.9 Å². The smallest absolute Gasteiger partial charge is 0.225 e. The normalized spacial score (nSPS) is 31.5. The predicted octanol–water partition coefficient (Wildman–Crippen LogP) is 3.67. The fourth-order valence-corrected chi connectivity index (χ4v) is 4.54. The molecule has 2 bridgehead atoms. The number of nitrogens with two attached hydrogens (primary N) is 1. The third kappa shape index (κ3) is 3.30. The number of benzene rings is 1. The molecule has 1 amide bonds. The highest BCUT2D eigenvalue weighted by Crippen LogP contribution is 2.42. The number of hydrogen-bond acceptors (Lipinski definition) is 2.